The van der Waals surface area contributed by atoms with Gasteiger partial charge in [0.1, 0.15) is 11.5 Å². The monoisotopic (exact) mass is 467 g/mol. The number of amides is 1. The molecule has 1 aromatic heterocycles. The molecule has 32 heavy (non-hydrogen) atoms. The van der Waals surface area contributed by atoms with Crippen LogP contribution in [0.1, 0.15) is 35.5 Å². The SMILES string of the molecule is C[C@@H]1CN(Cc2ccc(F)cc2)[C@@H](C)CN1C(=O)c1cc2cc(Cl)c(C(F)(F)F)cc2[nH]1. The number of benzene rings is 2. The van der Waals surface area contributed by atoms with E-state index in [0.29, 0.717) is 25.0 Å². The molecule has 2 heterocycles. The van der Waals surface area contributed by atoms with Crippen molar-refractivity contribution in [1.29, 1.82) is 0 Å². The maximum atomic E-state index is 13.2. The van der Waals surface area contributed by atoms with Gasteiger partial charge in [-0.3, -0.25) is 9.69 Å². The molecule has 0 radical (unpaired) electrons. The molecular formula is C23H22ClF4N3O. The molecule has 0 saturated carbocycles. The zero-order valence-corrected chi connectivity index (χ0v) is 18.3. The van der Waals surface area contributed by atoms with Crippen molar-refractivity contribution in [2.24, 2.45) is 0 Å². The van der Waals surface area contributed by atoms with Gasteiger partial charge in [0.15, 0.2) is 0 Å². The van der Waals surface area contributed by atoms with Gasteiger partial charge >= 0.3 is 6.18 Å². The molecule has 170 valence electrons. The molecule has 4 rings (SSSR count). The second kappa shape index (κ2) is 8.41. The summed E-state index contributed by atoms with van der Waals surface area (Å²) in [5, 5.41) is 0.0430. The van der Waals surface area contributed by atoms with E-state index < -0.39 is 16.8 Å². The van der Waals surface area contributed by atoms with E-state index in [-0.39, 0.29) is 35.0 Å². The summed E-state index contributed by atoms with van der Waals surface area (Å²) in [6, 6.07) is 9.97. The summed E-state index contributed by atoms with van der Waals surface area (Å²) in [6.45, 7) is 5.66. The molecule has 1 saturated heterocycles. The Labute approximate surface area is 187 Å². The Morgan fingerprint density at radius 2 is 1.78 bits per heavy atom. The van der Waals surface area contributed by atoms with Crippen molar-refractivity contribution >= 4 is 28.4 Å². The average Bonchev–Trinajstić information content (AvgIpc) is 3.13. The third kappa shape index (κ3) is 4.47. The molecule has 2 atom stereocenters. The Kier molecular flexibility index (Phi) is 5.94. The predicted octanol–water partition coefficient (Wildman–Crippen LogP) is 5.71. The minimum absolute atomic E-state index is 0.0517. The number of hydrogen-bond donors (Lipinski definition) is 1. The molecule has 1 aliphatic rings. The first-order valence-electron chi connectivity index (χ1n) is 10.2. The molecular weight excluding hydrogens is 446 g/mol. The van der Waals surface area contributed by atoms with Crippen LogP contribution in [0.15, 0.2) is 42.5 Å². The van der Waals surface area contributed by atoms with Crippen LogP contribution >= 0.6 is 11.6 Å². The fourth-order valence-corrected chi connectivity index (χ4v) is 4.45. The highest BCUT2D eigenvalue weighted by Crippen LogP contribution is 2.37. The minimum atomic E-state index is -4.58. The van der Waals surface area contributed by atoms with Crippen LogP contribution in [0.25, 0.3) is 10.9 Å². The molecule has 1 aliphatic heterocycles. The molecule has 3 aromatic rings. The summed E-state index contributed by atoms with van der Waals surface area (Å²) in [7, 11) is 0. The number of rotatable bonds is 3. The zero-order valence-electron chi connectivity index (χ0n) is 17.5. The van der Waals surface area contributed by atoms with E-state index in [0.717, 1.165) is 11.6 Å². The van der Waals surface area contributed by atoms with Crippen LogP contribution in [0.5, 0.6) is 0 Å². The second-order valence-corrected chi connectivity index (χ2v) is 8.72. The molecule has 1 fully saturated rings. The highest BCUT2D eigenvalue weighted by atomic mass is 35.5. The van der Waals surface area contributed by atoms with E-state index in [1.54, 1.807) is 17.0 Å². The quantitative estimate of drug-likeness (QED) is 0.501. The number of carbonyl (C=O) groups is 1. The van der Waals surface area contributed by atoms with Crippen molar-refractivity contribution in [2.45, 2.75) is 38.7 Å². The predicted molar refractivity (Wildman–Crippen MR) is 115 cm³/mol. The number of piperazine rings is 1. The number of fused-ring (bicyclic) bond motifs is 1. The van der Waals surface area contributed by atoms with E-state index in [1.165, 1.54) is 24.3 Å². The number of hydrogen-bond acceptors (Lipinski definition) is 2. The third-order valence-electron chi connectivity index (χ3n) is 5.92. The number of aromatic amines is 1. The van der Waals surface area contributed by atoms with Crippen molar-refractivity contribution in [3.63, 3.8) is 0 Å². The van der Waals surface area contributed by atoms with Gasteiger partial charge in [0.05, 0.1) is 10.6 Å². The largest absolute Gasteiger partial charge is 0.417 e. The van der Waals surface area contributed by atoms with Gasteiger partial charge in [0, 0.05) is 42.6 Å². The van der Waals surface area contributed by atoms with Gasteiger partial charge in [0.25, 0.3) is 5.91 Å². The van der Waals surface area contributed by atoms with Crippen LogP contribution in [-0.2, 0) is 12.7 Å². The van der Waals surface area contributed by atoms with Gasteiger partial charge < -0.3 is 9.88 Å². The average molecular weight is 468 g/mol. The van der Waals surface area contributed by atoms with Gasteiger partial charge in [-0.05, 0) is 49.7 Å². The van der Waals surface area contributed by atoms with Gasteiger partial charge in [-0.25, -0.2) is 4.39 Å². The van der Waals surface area contributed by atoms with Gasteiger partial charge in [-0.15, -0.1) is 0 Å². The maximum absolute atomic E-state index is 13.2. The summed E-state index contributed by atoms with van der Waals surface area (Å²) in [5.74, 6) is -0.556. The summed E-state index contributed by atoms with van der Waals surface area (Å²) in [5.41, 5.74) is 0.476. The van der Waals surface area contributed by atoms with E-state index in [1.807, 2.05) is 13.8 Å². The normalized spacial score (nSPS) is 20.2. The lowest BCUT2D eigenvalue weighted by Crippen LogP contribution is -2.57. The molecule has 1 N–H and O–H groups in total. The molecule has 0 bridgehead atoms. The van der Waals surface area contributed by atoms with E-state index in [9.17, 15) is 22.4 Å². The number of H-pyrrole nitrogens is 1. The first-order valence-corrected chi connectivity index (χ1v) is 10.6. The first-order chi connectivity index (χ1) is 15.0. The molecule has 0 aliphatic carbocycles. The molecule has 0 spiro atoms. The van der Waals surface area contributed by atoms with Crippen molar-refractivity contribution in [3.8, 4) is 0 Å². The minimum Gasteiger partial charge on any atom is -0.351 e. The van der Waals surface area contributed by atoms with Gasteiger partial charge in [0.2, 0.25) is 0 Å². The highest BCUT2D eigenvalue weighted by Gasteiger charge is 2.35. The Hall–Kier alpha value is -2.58. The van der Waals surface area contributed by atoms with Crippen LogP contribution < -0.4 is 0 Å². The fourth-order valence-electron chi connectivity index (χ4n) is 4.17. The number of aromatic nitrogens is 1. The van der Waals surface area contributed by atoms with Crippen LogP contribution in [0.3, 0.4) is 0 Å². The Morgan fingerprint density at radius 3 is 2.44 bits per heavy atom. The fraction of sp³-hybridized carbons (Fsp3) is 0.348. The van der Waals surface area contributed by atoms with Gasteiger partial charge in [-0.2, -0.15) is 13.2 Å². The standard InChI is InChI=1S/C23H22ClF4N3O/c1-13-11-31(14(2)10-30(13)12-15-3-5-17(25)6-4-15)22(32)21-8-16-7-19(24)18(23(26,27)28)9-20(16)29-21/h3-9,13-14,29H,10-12H2,1-2H3/t13-,14+/m0/s1. The topological polar surface area (TPSA) is 39.3 Å². The smallest absolute Gasteiger partial charge is 0.351 e. The lowest BCUT2D eigenvalue weighted by molar-refractivity contribution is -0.137. The van der Waals surface area contributed by atoms with Crippen LogP contribution in [0.4, 0.5) is 17.6 Å². The number of alkyl halides is 3. The summed E-state index contributed by atoms with van der Waals surface area (Å²) < 4.78 is 52.6. The lowest BCUT2D eigenvalue weighted by Gasteiger charge is -2.44. The molecule has 0 unspecified atom stereocenters. The molecule has 1 amide bonds. The second-order valence-electron chi connectivity index (χ2n) is 8.31. The Balaban J connectivity index is 1.52. The Bertz CT molecular complexity index is 1140. The molecule has 2 aromatic carbocycles. The first kappa shape index (κ1) is 22.6. The number of carbonyl (C=O) groups excluding carboxylic acids is 1. The molecule has 9 heteroatoms. The summed E-state index contributed by atoms with van der Waals surface area (Å²) in [4.78, 5) is 19.9. The van der Waals surface area contributed by atoms with E-state index >= 15 is 0 Å². The van der Waals surface area contributed by atoms with E-state index in [2.05, 4.69) is 9.88 Å². The van der Waals surface area contributed by atoms with Gasteiger partial charge in [-0.1, -0.05) is 23.7 Å². The van der Waals surface area contributed by atoms with Crippen LogP contribution in [0, 0.1) is 5.82 Å². The summed E-state index contributed by atoms with van der Waals surface area (Å²) in [6.07, 6.45) is -4.58. The third-order valence-corrected chi connectivity index (χ3v) is 6.23. The Morgan fingerprint density at radius 1 is 1.09 bits per heavy atom. The summed E-state index contributed by atoms with van der Waals surface area (Å²) >= 11 is 5.80. The van der Waals surface area contributed by atoms with E-state index in [4.69, 9.17) is 11.6 Å². The number of nitrogens with zero attached hydrogens (tertiary/aromatic N) is 2. The van der Waals surface area contributed by atoms with Crippen molar-refractivity contribution < 1.29 is 22.4 Å². The van der Waals surface area contributed by atoms with Crippen molar-refractivity contribution in [2.75, 3.05) is 13.1 Å². The van der Waals surface area contributed by atoms with Crippen molar-refractivity contribution in [1.82, 2.24) is 14.8 Å². The lowest BCUT2D eigenvalue weighted by atomic mass is 10.1. The maximum Gasteiger partial charge on any atom is 0.417 e. The zero-order chi connectivity index (χ0) is 23.2. The van der Waals surface area contributed by atoms with Crippen LogP contribution in [0.2, 0.25) is 5.02 Å². The number of halogens is 5. The number of nitrogens with one attached hydrogen (secondary N) is 1. The molecule has 4 nitrogen and oxygen atoms in total. The van der Waals surface area contributed by atoms with Crippen LogP contribution in [-0.4, -0.2) is 45.9 Å². The van der Waals surface area contributed by atoms with Crippen molar-refractivity contribution in [3.05, 3.63) is 70.1 Å². The highest BCUT2D eigenvalue weighted by molar-refractivity contribution is 6.32.